The first-order valence-corrected chi connectivity index (χ1v) is 11.8. The molecule has 0 aromatic carbocycles. The van der Waals surface area contributed by atoms with E-state index in [1.807, 2.05) is 0 Å². The number of carbonyl (C=O) groups excluding carboxylic acids is 1. The number of hydrogen-bond donors (Lipinski definition) is 0. The Kier molecular flexibility index (Phi) is 11.7. The van der Waals surface area contributed by atoms with Gasteiger partial charge in [0, 0.05) is 6.42 Å². The fraction of sp³-hybridized carbons (Fsp3) is 0.917. The zero-order valence-corrected chi connectivity index (χ0v) is 14.3. The normalized spacial score (nSPS) is 11.6. The molecule has 6 heteroatoms. The lowest BCUT2D eigenvalue weighted by molar-refractivity contribution is -0.140. The molecular formula is C12H23Cl3O2Si. The third-order valence-corrected chi connectivity index (χ3v) is 5.44. The van der Waals surface area contributed by atoms with E-state index in [0.29, 0.717) is 6.42 Å². The van der Waals surface area contributed by atoms with Crippen LogP contribution >= 0.6 is 33.2 Å². The van der Waals surface area contributed by atoms with E-state index in [1.165, 1.54) is 32.8 Å². The Morgan fingerprint density at radius 2 is 1.33 bits per heavy atom. The van der Waals surface area contributed by atoms with Crippen LogP contribution in [-0.4, -0.2) is 19.1 Å². The first-order valence-electron chi connectivity index (χ1n) is 6.59. The second-order valence-corrected chi connectivity index (χ2v) is 13.8. The van der Waals surface area contributed by atoms with Crippen molar-refractivity contribution in [3.8, 4) is 0 Å². The molecule has 0 saturated carbocycles. The lowest BCUT2D eigenvalue weighted by atomic mass is 10.1. The lowest BCUT2D eigenvalue weighted by Crippen LogP contribution is -2.07. The van der Waals surface area contributed by atoms with Gasteiger partial charge in [-0.1, -0.05) is 44.9 Å². The predicted molar refractivity (Wildman–Crippen MR) is 81.7 cm³/mol. The van der Waals surface area contributed by atoms with Crippen molar-refractivity contribution < 1.29 is 9.53 Å². The number of carbonyl (C=O) groups is 1. The van der Waals surface area contributed by atoms with Gasteiger partial charge in [0.1, 0.15) is 0 Å². The van der Waals surface area contributed by atoms with Crippen LogP contribution in [0.5, 0.6) is 0 Å². The van der Waals surface area contributed by atoms with Gasteiger partial charge in [-0.05, 0) is 12.5 Å². The Bertz CT molecular complexity index is 220. The second kappa shape index (κ2) is 11.4. The van der Waals surface area contributed by atoms with Crippen molar-refractivity contribution in [1.82, 2.24) is 0 Å². The highest BCUT2D eigenvalue weighted by molar-refractivity contribution is 7.64. The summed E-state index contributed by atoms with van der Waals surface area (Å²) in [5.41, 5.74) is 0. The highest BCUT2D eigenvalue weighted by Gasteiger charge is 2.23. The monoisotopic (exact) mass is 332 g/mol. The molecule has 0 radical (unpaired) electrons. The molecule has 0 N–H and O–H groups in total. The molecule has 0 saturated heterocycles. The SMILES string of the molecule is COC(=O)CCCCCCCCCC[Si](Cl)(Cl)Cl. The molecule has 0 aromatic rings. The lowest BCUT2D eigenvalue weighted by Gasteiger charge is -2.06. The number of unbranched alkanes of at least 4 members (excludes halogenated alkanes) is 7. The van der Waals surface area contributed by atoms with Gasteiger partial charge in [-0.3, -0.25) is 4.79 Å². The number of ether oxygens (including phenoxy) is 1. The molecule has 0 fully saturated rings. The maximum absolute atomic E-state index is 10.8. The molecule has 0 amide bonds. The summed E-state index contributed by atoms with van der Waals surface area (Å²) in [5.74, 6) is -0.106. The first-order chi connectivity index (χ1) is 8.45. The number of esters is 1. The van der Waals surface area contributed by atoms with Crippen molar-refractivity contribution >= 4 is 45.2 Å². The molecule has 0 aliphatic rings. The maximum atomic E-state index is 10.8. The zero-order chi connectivity index (χ0) is 13.9. The van der Waals surface area contributed by atoms with Gasteiger partial charge < -0.3 is 4.74 Å². The molecule has 2 nitrogen and oxygen atoms in total. The minimum Gasteiger partial charge on any atom is -0.469 e. The third-order valence-electron chi connectivity index (χ3n) is 2.82. The molecule has 0 spiro atoms. The highest BCUT2D eigenvalue weighted by atomic mass is 35.8. The summed E-state index contributed by atoms with van der Waals surface area (Å²) in [6.45, 7) is 0. The largest absolute Gasteiger partial charge is 0.469 e. The quantitative estimate of drug-likeness (QED) is 0.221. The molecular weight excluding hydrogens is 311 g/mol. The van der Waals surface area contributed by atoms with Crippen LogP contribution in [0.2, 0.25) is 6.04 Å². The molecule has 0 heterocycles. The van der Waals surface area contributed by atoms with Gasteiger partial charge in [-0.2, -0.15) is 0 Å². The molecule has 0 aliphatic carbocycles. The standard InChI is InChI=1S/C12H23Cl3O2Si/c1-17-12(16)10-8-6-4-2-3-5-7-9-11-18(13,14)15/h2-11H2,1H3. The molecule has 0 aromatic heterocycles. The Hall–Kier alpha value is 0.557. The van der Waals surface area contributed by atoms with Gasteiger partial charge >= 0.3 is 12.0 Å². The van der Waals surface area contributed by atoms with Gasteiger partial charge in [0.05, 0.1) is 7.11 Å². The van der Waals surface area contributed by atoms with E-state index in [2.05, 4.69) is 4.74 Å². The molecule has 0 aliphatic heterocycles. The van der Waals surface area contributed by atoms with E-state index in [-0.39, 0.29) is 5.97 Å². The van der Waals surface area contributed by atoms with E-state index < -0.39 is 6.00 Å². The van der Waals surface area contributed by atoms with Crippen molar-refractivity contribution in [3.63, 3.8) is 0 Å². The Labute approximate surface area is 125 Å². The highest BCUT2D eigenvalue weighted by Crippen LogP contribution is 2.27. The first kappa shape index (κ1) is 18.6. The van der Waals surface area contributed by atoms with E-state index in [1.54, 1.807) is 0 Å². The van der Waals surface area contributed by atoms with Gasteiger partial charge in [-0.25, -0.2) is 0 Å². The zero-order valence-electron chi connectivity index (χ0n) is 11.0. The number of halogens is 3. The predicted octanol–water partition coefficient (Wildman–Crippen LogP) is 5.33. The van der Waals surface area contributed by atoms with Crippen LogP contribution in [0, 0.1) is 0 Å². The average molecular weight is 334 g/mol. The summed E-state index contributed by atoms with van der Waals surface area (Å²) in [5, 5.41) is 0. The molecule has 18 heavy (non-hydrogen) atoms. The van der Waals surface area contributed by atoms with Gasteiger partial charge in [0.25, 0.3) is 0 Å². The molecule has 0 atom stereocenters. The topological polar surface area (TPSA) is 26.3 Å². The van der Waals surface area contributed by atoms with Crippen LogP contribution in [-0.2, 0) is 9.53 Å². The van der Waals surface area contributed by atoms with Gasteiger partial charge in [0.2, 0.25) is 0 Å². The summed E-state index contributed by atoms with van der Waals surface area (Å²) < 4.78 is 4.58. The van der Waals surface area contributed by atoms with Crippen molar-refractivity contribution in [3.05, 3.63) is 0 Å². The van der Waals surface area contributed by atoms with Crippen molar-refractivity contribution in [2.24, 2.45) is 0 Å². The van der Waals surface area contributed by atoms with Crippen LogP contribution in [0.25, 0.3) is 0 Å². The van der Waals surface area contributed by atoms with E-state index in [9.17, 15) is 4.79 Å². The number of methoxy groups -OCH3 is 1. The number of rotatable bonds is 11. The summed E-state index contributed by atoms with van der Waals surface area (Å²) >= 11 is 17.4. The van der Waals surface area contributed by atoms with Crippen LogP contribution < -0.4 is 0 Å². The van der Waals surface area contributed by atoms with E-state index >= 15 is 0 Å². The van der Waals surface area contributed by atoms with Crippen LogP contribution in [0.3, 0.4) is 0 Å². The summed E-state index contributed by atoms with van der Waals surface area (Å²) in [7, 11) is 1.43. The molecule has 108 valence electrons. The fourth-order valence-electron chi connectivity index (χ4n) is 1.76. The minimum atomic E-state index is -2.38. The van der Waals surface area contributed by atoms with E-state index in [4.69, 9.17) is 33.2 Å². The van der Waals surface area contributed by atoms with Crippen LogP contribution in [0.15, 0.2) is 0 Å². The third kappa shape index (κ3) is 14.6. The summed E-state index contributed by atoms with van der Waals surface area (Å²) in [6.07, 6.45) is 9.65. The van der Waals surface area contributed by atoms with E-state index in [0.717, 1.165) is 31.7 Å². The average Bonchev–Trinajstić information content (AvgIpc) is 2.29. The van der Waals surface area contributed by atoms with Crippen LogP contribution in [0.4, 0.5) is 0 Å². The summed E-state index contributed by atoms with van der Waals surface area (Å²) in [4.78, 5) is 10.8. The minimum absolute atomic E-state index is 0.106. The van der Waals surface area contributed by atoms with Gasteiger partial charge in [0.15, 0.2) is 0 Å². The second-order valence-electron chi connectivity index (χ2n) is 4.52. The Morgan fingerprint density at radius 3 is 1.78 bits per heavy atom. The maximum Gasteiger partial charge on any atom is 0.341 e. The summed E-state index contributed by atoms with van der Waals surface area (Å²) in [6, 6.07) is -1.61. The smallest absolute Gasteiger partial charge is 0.341 e. The Balaban J connectivity index is 3.10. The molecule has 0 bridgehead atoms. The Morgan fingerprint density at radius 1 is 0.889 bits per heavy atom. The van der Waals surface area contributed by atoms with Crippen molar-refractivity contribution in [2.75, 3.05) is 7.11 Å². The van der Waals surface area contributed by atoms with Crippen LogP contribution in [0.1, 0.15) is 57.8 Å². The fourth-order valence-corrected chi connectivity index (χ4v) is 3.61. The molecule has 0 rings (SSSR count). The molecule has 0 unspecified atom stereocenters. The van der Waals surface area contributed by atoms with Crippen molar-refractivity contribution in [2.45, 2.75) is 63.8 Å². The van der Waals surface area contributed by atoms with Crippen molar-refractivity contribution in [1.29, 1.82) is 0 Å². The van der Waals surface area contributed by atoms with Gasteiger partial charge in [-0.15, -0.1) is 33.2 Å². The number of hydrogen-bond acceptors (Lipinski definition) is 2.